The van der Waals surface area contributed by atoms with E-state index in [4.69, 9.17) is 9.84 Å². The summed E-state index contributed by atoms with van der Waals surface area (Å²) in [6.07, 6.45) is 0. The van der Waals surface area contributed by atoms with Crippen LogP contribution in [0.4, 0.5) is 0 Å². The normalized spacial score (nSPS) is 21.1. The standard InChI is InChI=1S/C10H18N2O5/c1-9(4-11-5-9)17-3-7(13)12-6-10(2,16)8(14)15/h11,16H,3-6H2,1-2H3,(H,12,13)(H,14,15). The topological polar surface area (TPSA) is 108 Å². The highest BCUT2D eigenvalue weighted by Crippen LogP contribution is 2.14. The molecule has 1 heterocycles. The number of carboxylic acids is 1. The number of hydrogen-bond acceptors (Lipinski definition) is 5. The third-order valence-electron chi connectivity index (χ3n) is 2.64. The molecule has 98 valence electrons. The van der Waals surface area contributed by atoms with E-state index >= 15 is 0 Å². The third kappa shape index (κ3) is 3.95. The van der Waals surface area contributed by atoms with E-state index in [9.17, 15) is 14.7 Å². The Balaban J connectivity index is 2.23. The van der Waals surface area contributed by atoms with Gasteiger partial charge in [-0.15, -0.1) is 0 Å². The van der Waals surface area contributed by atoms with Crippen molar-refractivity contribution in [3.8, 4) is 0 Å². The smallest absolute Gasteiger partial charge is 0.337 e. The van der Waals surface area contributed by atoms with Crippen LogP contribution in [0.2, 0.25) is 0 Å². The zero-order chi connectivity index (χ0) is 13.1. The van der Waals surface area contributed by atoms with Crippen LogP contribution in [0.25, 0.3) is 0 Å². The molecular formula is C10H18N2O5. The maximum atomic E-state index is 11.3. The van der Waals surface area contributed by atoms with Crippen molar-refractivity contribution in [2.75, 3.05) is 26.2 Å². The van der Waals surface area contributed by atoms with E-state index < -0.39 is 17.5 Å². The Morgan fingerprint density at radius 1 is 1.53 bits per heavy atom. The molecule has 1 unspecified atom stereocenters. The van der Waals surface area contributed by atoms with Gasteiger partial charge in [0.2, 0.25) is 5.91 Å². The lowest BCUT2D eigenvalue weighted by Gasteiger charge is -2.38. The molecule has 0 saturated carbocycles. The predicted octanol–water partition coefficient (Wildman–Crippen LogP) is -1.68. The fourth-order valence-corrected chi connectivity index (χ4v) is 1.22. The van der Waals surface area contributed by atoms with Crippen LogP contribution in [0.1, 0.15) is 13.8 Å². The molecule has 0 aromatic heterocycles. The van der Waals surface area contributed by atoms with Crippen LogP contribution >= 0.6 is 0 Å². The summed E-state index contributed by atoms with van der Waals surface area (Å²) in [4.78, 5) is 21.9. The molecule has 0 aliphatic carbocycles. The fraction of sp³-hybridized carbons (Fsp3) is 0.800. The van der Waals surface area contributed by atoms with Crippen LogP contribution in [-0.4, -0.2) is 59.5 Å². The monoisotopic (exact) mass is 246 g/mol. The van der Waals surface area contributed by atoms with E-state index in [1.54, 1.807) is 0 Å². The zero-order valence-electron chi connectivity index (χ0n) is 9.95. The van der Waals surface area contributed by atoms with Gasteiger partial charge in [0.1, 0.15) is 6.61 Å². The van der Waals surface area contributed by atoms with Crippen molar-refractivity contribution < 1.29 is 24.5 Å². The van der Waals surface area contributed by atoms with Gasteiger partial charge in [0, 0.05) is 13.1 Å². The van der Waals surface area contributed by atoms with Gasteiger partial charge in [-0.2, -0.15) is 0 Å². The Bertz CT molecular complexity index is 312. The summed E-state index contributed by atoms with van der Waals surface area (Å²) in [6.45, 7) is 3.88. The summed E-state index contributed by atoms with van der Waals surface area (Å²) in [6, 6.07) is 0. The molecule has 0 bridgehead atoms. The number of carboxylic acid groups (broad SMARTS) is 1. The number of nitrogens with one attached hydrogen (secondary N) is 2. The lowest BCUT2D eigenvalue weighted by Crippen LogP contribution is -2.59. The molecule has 4 N–H and O–H groups in total. The quantitative estimate of drug-likeness (QED) is 0.446. The number of aliphatic hydroxyl groups is 1. The van der Waals surface area contributed by atoms with Crippen molar-refractivity contribution in [3.63, 3.8) is 0 Å². The van der Waals surface area contributed by atoms with Gasteiger partial charge in [-0.05, 0) is 13.8 Å². The summed E-state index contributed by atoms with van der Waals surface area (Å²) in [5.74, 6) is -1.83. The van der Waals surface area contributed by atoms with Crippen molar-refractivity contribution in [2.24, 2.45) is 0 Å². The van der Waals surface area contributed by atoms with Crippen LogP contribution in [0.15, 0.2) is 0 Å². The molecule has 7 nitrogen and oxygen atoms in total. The molecule has 1 aliphatic heterocycles. The number of carbonyl (C=O) groups excluding carboxylic acids is 1. The summed E-state index contributed by atoms with van der Waals surface area (Å²) in [5.41, 5.74) is -2.29. The molecular weight excluding hydrogens is 228 g/mol. The second-order valence-electron chi connectivity index (χ2n) is 4.70. The van der Waals surface area contributed by atoms with Crippen molar-refractivity contribution >= 4 is 11.9 Å². The zero-order valence-corrected chi connectivity index (χ0v) is 9.95. The minimum absolute atomic E-state index is 0.145. The molecule has 0 aromatic carbocycles. The summed E-state index contributed by atoms with van der Waals surface area (Å²) in [7, 11) is 0. The number of carbonyl (C=O) groups is 2. The number of hydrogen-bond donors (Lipinski definition) is 4. The first-order valence-corrected chi connectivity index (χ1v) is 5.32. The molecule has 1 fully saturated rings. The van der Waals surface area contributed by atoms with Crippen LogP contribution < -0.4 is 10.6 Å². The molecule has 0 spiro atoms. The van der Waals surface area contributed by atoms with Crippen molar-refractivity contribution in [1.29, 1.82) is 0 Å². The van der Waals surface area contributed by atoms with Gasteiger partial charge in [-0.3, -0.25) is 4.79 Å². The molecule has 1 saturated heterocycles. The van der Waals surface area contributed by atoms with Gasteiger partial charge in [0.25, 0.3) is 0 Å². The minimum Gasteiger partial charge on any atom is -0.479 e. The van der Waals surface area contributed by atoms with Gasteiger partial charge >= 0.3 is 5.97 Å². The van der Waals surface area contributed by atoms with Crippen molar-refractivity contribution in [3.05, 3.63) is 0 Å². The number of rotatable bonds is 6. The SMILES string of the molecule is CC1(OCC(=O)NCC(C)(O)C(=O)O)CNC1. The van der Waals surface area contributed by atoms with Gasteiger partial charge in [-0.25, -0.2) is 4.79 Å². The second-order valence-corrected chi connectivity index (χ2v) is 4.70. The first kappa shape index (κ1) is 13.9. The van der Waals surface area contributed by atoms with Crippen LogP contribution in [0.5, 0.6) is 0 Å². The van der Waals surface area contributed by atoms with Gasteiger partial charge in [-0.1, -0.05) is 0 Å². The van der Waals surface area contributed by atoms with E-state index in [2.05, 4.69) is 10.6 Å². The highest BCUT2D eigenvalue weighted by molar-refractivity contribution is 5.80. The van der Waals surface area contributed by atoms with E-state index in [1.165, 1.54) is 0 Å². The molecule has 7 heteroatoms. The largest absolute Gasteiger partial charge is 0.479 e. The predicted molar refractivity (Wildman–Crippen MR) is 58.5 cm³/mol. The van der Waals surface area contributed by atoms with Crippen molar-refractivity contribution in [2.45, 2.75) is 25.0 Å². The third-order valence-corrected chi connectivity index (χ3v) is 2.64. The van der Waals surface area contributed by atoms with E-state index in [0.29, 0.717) is 13.1 Å². The summed E-state index contributed by atoms with van der Waals surface area (Å²) < 4.78 is 5.35. The molecule has 17 heavy (non-hydrogen) atoms. The summed E-state index contributed by atoms with van der Waals surface area (Å²) in [5, 5.41) is 23.3. The molecule has 0 aromatic rings. The lowest BCUT2D eigenvalue weighted by atomic mass is 10.0. The maximum Gasteiger partial charge on any atom is 0.337 e. The Morgan fingerprint density at radius 3 is 2.53 bits per heavy atom. The highest BCUT2D eigenvalue weighted by atomic mass is 16.5. The van der Waals surface area contributed by atoms with Gasteiger partial charge in [0.05, 0.1) is 12.1 Å². The minimum atomic E-state index is -1.96. The van der Waals surface area contributed by atoms with E-state index in [1.807, 2.05) is 6.92 Å². The molecule has 1 rings (SSSR count). The average Bonchev–Trinajstić information content (AvgIpc) is 2.20. The first-order chi connectivity index (χ1) is 7.75. The van der Waals surface area contributed by atoms with Crippen LogP contribution in [0, 0.1) is 0 Å². The van der Waals surface area contributed by atoms with Crippen LogP contribution in [-0.2, 0) is 14.3 Å². The Kier molecular flexibility index (Phi) is 4.07. The Morgan fingerprint density at radius 2 is 2.12 bits per heavy atom. The molecule has 1 amide bonds. The maximum absolute atomic E-state index is 11.3. The van der Waals surface area contributed by atoms with E-state index in [-0.39, 0.29) is 18.8 Å². The number of aliphatic carboxylic acids is 1. The van der Waals surface area contributed by atoms with Crippen LogP contribution in [0.3, 0.4) is 0 Å². The molecule has 1 atom stereocenters. The Labute approximate surface area is 99.1 Å². The van der Waals surface area contributed by atoms with Crippen molar-refractivity contribution in [1.82, 2.24) is 10.6 Å². The molecule has 1 aliphatic rings. The highest BCUT2D eigenvalue weighted by Gasteiger charge is 2.34. The average molecular weight is 246 g/mol. The fourth-order valence-electron chi connectivity index (χ4n) is 1.22. The second kappa shape index (κ2) is 4.99. The number of amides is 1. The van der Waals surface area contributed by atoms with E-state index in [0.717, 1.165) is 6.92 Å². The molecule has 0 radical (unpaired) electrons. The lowest BCUT2D eigenvalue weighted by molar-refractivity contribution is -0.156. The summed E-state index contributed by atoms with van der Waals surface area (Å²) >= 11 is 0. The Hall–Kier alpha value is -1.18. The van der Waals surface area contributed by atoms with Gasteiger partial charge in [0.15, 0.2) is 5.60 Å². The number of ether oxygens (including phenoxy) is 1. The van der Waals surface area contributed by atoms with Gasteiger partial charge < -0.3 is 25.6 Å². The first-order valence-electron chi connectivity index (χ1n) is 5.32.